The third-order valence-corrected chi connectivity index (χ3v) is 2.44. The van der Waals surface area contributed by atoms with Crippen LogP contribution >= 0.6 is 0 Å². The summed E-state index contributed by atoms with van der Waals surface area (Å²) in [5.74, 6) is 0. The molecule has 3 heteroatoms. The minimum absolute atomic E-state index is 0.105. The van der Waals surface area contributed by atoms with Crippen LogP contribution in [-0.2, 0) is 18.0 Å². The van der Waals surface area contributed by atoms with Crippen LogP contribution in [0.25, 0.3) is 0 Å². The maximum atomic E-state index is 8.85. The number of benzene rings is 1. The first-order valence-electron chi connectivity index (χ1n) is 4.89. The zero-order valence-corrected chi connectivity index (χ0v) is 8.07. The van der Waals surface area contributed by atoms with E-state index in [2.05, 4.69) is 5.32 Å². The van der Waals surface area contributed by atoms with Gasteiger partial charge >= 0.3 is 0 Å². The molecule has 1 aliphatic heterocycles. The SMILES string of the molecule is OCc1ccc(COC2CNC2)cc1. The third kappa shape index (κ3) is 2.32. The fraction of sp³-hybridized carbons (Fsp3) is 0.455. The van der Waals surface area contributed by atoms with Crippen molar-refractivity contribution in [2.24, 2.45) is 0 Å². The Bertz CT molecular complexity index is 280. The molecule has 1 aromatic rings. The summed E-state index contributed by atoms with van der Waals surface area (Å²) in [5.41, 5.74) is 2.10. The van der Waals surface area contributed by atoms with E-state index >= 15 is 0 Å². The fourth-order valence-corrected chi connectivity index (χ4v) is 1.34. The lowest BCUT2D eigenvalue weighted by Crippen LogP contribution is -2.48. The van der Waals surface area contributed by atoms with Crippen molar-refractivity contribution in [3.8, 4) is 0 Å². The second kappa shape index (κ2) is 4.55. The van der Waals surface area contributed by atoms with Crippen molar-refractivity contribution in [2.75, 3.05) is 13.1 Å². The van der Waals surface area contributed by atoms with Crippen molar-refractivity contribution < 1.29 is 9.84 Å². The number of rotatable bonds is 4. The van der Waals surface area contributed by atoms with E-state index in [1.54, 1.807) is 0 Å². The van der Waals surface area contributed by atoms with E-state index < -0.39 is 0 Å². The molecule has 0 radical (unpaired) electrons. The van der Waals surface area contributed by atoms with Gasteiger partial charge in [0.1, 0.15) is 0 Å². The minimum atomic E-state index is 0.105. The van der Waals surface area contributed by atoms with Gasteiger partial charge in [0.15, 0.2) is 0 Å². The van der Waals surface area contributed by atoms with Crippen LogP contribution in [0.15, 0.2) is 24.3 Å². The maximum absolute atomic E-state index is 8.85. The molecule has 3 nitrogen and oxygen atoms in total. The summed E-state index contributed by atoms with van der Waals surface area (Å²) in [4.78, 5) is 0. The molecule has 0 aromatic heterocycles. The summed E-state index contributed by atoms with van der Waals surface area (Å²) < 4.78 is 5.61. The monoisotopic (exact) mass is 193 g/mol. The number of hydrogen-bond donors (Lipinski definition) is 2. The summed E-state index contributed by atoms with van der Waals surface area (Å²) >= 11 is 0. The van der Waals surface area contributed by atoms with Crippen LogP contribution in [0.5, 0.6) is 0 Å². The number of aliphatic hydroxyl groups excluding tert-OH is 1. The van der Waals surface area contributed by atoms with Crippen molar-refractivity contribution in [1.29, 1.82) is 0 Å². The summed E-state index contributed by atoms with van der Waals surface area (Å²) in [6.45, 7) is 2.70. The highest BCUT2D eigenvalue weighted by Crippen LogP contribution is 2.08. The first kappa shape index (κ1) is 9.65. The summed E-state index contributed by atoms with van der Waals surface area (Å²) in [7, 11) is 0. The maximum Gasteiger partial charge on any atom is 0.0828 e. The van der Waals surface area contributed by atoms with E-state index in [1.165, 1.54) is 0 Å². The molecule has 2 N–H and O–H groups in total. The number of ether oxygens (including phenoxy) is 1. The molecule has 1 saturated heterocycles. The summed E-state index contributed by atoms with van der Waals surface area (Å²) in [6, 6.07) is 7.85. The highest BCUT2D eigenvalue weighted by Gasteiger charge is 2.16. The lowest BCUT2D eigenvalue weighted by atomic mass is 10.1. The molecule has 1 aliphatic rings. The normalized spacial score (nSPS) is 16.6. The largest absolute Gasteiger partial charge is 0.392 e. The Balaban J connectivity index is 1.83. The first-order valence-corrected chi connectivity index (χ1v) is 4.89. The molecule has 1 fully saturated rings. The Morgan fingerprint density at radius 2 is 1.86 bits per heavy atom. The van der Waals surface area contributed by atoms with Gasteiger partial charge in [-0.25, -0.2) is 0 Å². The van der Waals surface area contributed by atoms with E-state index in [1.807, 2.05) is 24.3 Å². The molecule has 0 atom stereocenters. The van der Waals surface area contributed by atoms with Crippen molar-refractivity contribution in [3.05, 3.63) is 35.4 Å². The Morgan fingerprint density at radius 3 is 2.36 bits per heavy atom. The van der Waals surface area contributed by atoms with Crippen molar-refractivity contribution in [2.45, 2.75) is 19.3 Å². The molecule has 0 amide bonds. The zero-order valence-electron chi connectivity index (χ0n) is 8.07. The van der Waals surface area contributed by atoms with E-state index in [-0.39, 0.29) is 6.61 Å². The van der Waals surface area contributed by atoms with E-state index in [0.29, 0.717) is 12.7 Å². The minimum Gasteiger partial charge on any atom is -0.392 e. The second-order valence-electron chi connectivity index (χ2n) is 3.57. The molecule has 2 rings (SSSR count). The van der Waals surface area contributed by atoms with Crippen LogP contribution < -0.4 is 5.32 Å². The third-order valence-electron chi connectivity index (χ3n) is 2.44. The molecule has 0 unspecified atom stereocenters. The van der Waals surface area contributed by atoms with Gasteiger partial charge in [-0.3, -0.25) is 0 Å². The molecule has 0 bridgehead atoms. The highest BCUT2D eigenvalue weighted by molar-refractivity contribution is 5.21. The standard InChI is InChI=1S/C11H15NO2/c13-7-9-1-3-10(4-2-9)8-14-11-5-12-6-11/h1-4,11-13H,5-8H2. The summed E-state index contributed by atoms with van der Waals surface area (Å²) in [5, 5.41) is 12.0. The van der Waals surface area contributed by atoms with Gasteiger partial charge < -0.3 is 15.2 Å². The predicted octanol–water partition coefficient (Wildman–Crippen LogP) is 0.667. The molecule has 0 spiro atoms. The van der Waals surface area contributed by atoms with Crippen LogP contribution in [0.2, 0.25) is 0 Å². The Labute approximate surface area is 83.7 Å². The van der Waals surface area contributed by atoms with Crippen molar-refractivity contribution in [3.63, 3.8) is 0 Å². The van der Waals surface area contributed by atoms with Gasteiger partial charge in [0.05, 0.1) is 19.3 Å². The van der Waals surface area contributed by atoms with E-state index in [0.717, 1.165) is 24.2 Å². The van der Waals surface area contributed by atoms with E-state index in [9.17, 15) is 0 Å². The van der Waals surface area contributed by atoms with Crippen LogP contribution in [0, 0.1) is 0 Å². The van der Waals surface area contributed by atoms with Crippen molar-refractivity contribution >= 4 is 0 Å². The van der Waals surface area contributed by atoms with Crippen LogP contribution in [-0.4, -0.2) is 24.3 Å². The predicted molar refractivity (Wildman–Crippen MR) is 53.8 cm³/mol. The average Bonchev–Trinajstić information content (AvgIpc) is 2.16. The average molecular weight is 193 g/mol. The number of aliphatic hydroxyl groups is 1. The second-order valence-corrected chi connectivity index (χ2v) is 3.57. The Kier molecular flexibility index (Phi) is 3.14. The zero-order chi connectivity index (χ0) is 9.80. The van der Waals surface area contributed by atoms with Gasteiger partial charge in [0, 0.05) is 13.1 Å². The number of nitrogens with one attached hydrogen (secondary N) is 1. The molecule has 0 aliphatic carbocycles. The van der Waals surface area contributed by atoms with Gasteiger partial charge in [-0.2, -0.15) is 0 Å². The van der Waals surface area contributed by atoms with Crippen molar-refractivity contribution in [1.82, 2.24) is 5.32 Å². The summed E-state index contributed by atoms with van der Waals surface area (Å²) in [6.07, 6.45) is 0.382. The quantitative estimate of drug-likeness (QED) is 0.738. The molecule has 1 heterocycles. The molecule has 76 valence electrons. The number of hydrogen-bond acceptors (Lipinski definition) is 3. The topological polar surface area (TPSA) is 41.5 Å². The Morgan fingerprint density at radius 1 is 1.21 bits per heavy atom. The molecule has 14 heavy (non-hydrogen) atoms. The molecule has 1 aromatic carbocycles. The van der Waals surface area contributed by atoms with Crippen LogP contribution in [0.3, 0.4) is 0 Å². The van der Waals surface area contributed by atoms with E-state index in [4.69, 9.17) is 9.84 Å². The lowest BCUT2D eigenvalue weighted by molar-refractivity contribution is 0.00757. The first-order chi connectivity index (χ1) is 6.88. The van der Waals surface area contributed by atoms with Crippen LogP contribution in [0.4, 0.5) is 0 Å². The van der Waals surface area contributed by atoms with Gasteiger partial charge in [-0.05, 0) is 11.1 Å². The van der Waals surface area contributed by atoms with Gasteiger partial charge in [0.2, 0.25) is 0 Å². The van der Waals surface area contributed by atoms with Gasteiger partial charge in [0.25, 0.3) is 0 Å². The molecule has 0 saturated carbocycles. The fourth-order valence-electron chi connectivity index (χ4n) is 1.34. The Hall–Kier alpha value is -0.900. The van der Waals surface area contributed by atoms with Gasteiger partial charge in [-0.1, -0.05) is 24.3 Å². The molecular formula is C11H15NO2. The lowest BCUT2D eigenvalue weighted by Gasteiger charge is -2.27. The smallest absolute Gasteiger partial charge is 0.0828 e. The van der Waals surface area contributed by atoms with Gasteiger partial charge in [-0.15, -0.1) is 0 Å². The van der Waals surface area contributed by atoms with Crippen LogP contribution in [0.1, 0.15) is 11.1 Å². The molecular weight excluding hydrogens is 178 g/mol. The highest BCUT2D eigenvalue weighted by atomic mass is 16.5.